The molecule has 0 aromatic heterocycles. The Balaban J connectivity index is 1.51. The molecule has 3 rings (SSSR count). The molecule has 1 aliphatic heterocycles. The second-order valence-electron chi connectivity index (χ2n) is 6.98. The lowest BCUT2D eigenvalue weighted by Crippen LogP contribution is -2.43. The van der Waals surface area contributed by atoms with E-state index >= 15 is 0 Å². The second-order valence-corrected chi connectivity index (χ2v) is 7.90. The van der Waals surface area contributed by atoms with Crippen LogP contribution in [-0.4, -0.2) is 29.6 Å². The number of hydrogen-bond donors (Lipinski definition) is 1. The van der Waals surface area contributed by atoms with Crippen molar-refractivity contribution in [2.24, 2.45) is 0 Å². The maximum absolute atomic E-state index is 11.0. The first kappa shape index (κ1) is 17.7. The first-order valence-corrected chi connectivity index (χ1v) is 9.62. The Hall–Kier alpha value is -1.16. The molecular weight excluding hydrogens is 362 g/mol. The van der Waals surface area contributed by atoms with Crippen LogP contribution in [0.3, 0.4) is 0 Å². The van der Waals surface area contributed by atoms with Gasteiger partial charge in [0, 0.05) is 17.6 Å². The number of benzene rings is 2. The topological polar surface area (TPSA) is 23.5 Å². The van der Waals surface area contributed by atoms with Gasteiger partial charge in [-0.05, 0) is 55.0 Å². The van der Waals surface area contributed by atoms with Crippen molar-refractivity contribution in [3.05, 3.63) is 70.2 Å². The fourth-order valence-corrected chi connectivity index (χ4v) is 3.78. The van der Waals surface area contributed by atoms with Gasteiger partial charge in [-0.25, -0.2) is 0 Å². The molecule has 0 bridgehead atoms. The normalized spacial score (nSPS) is 19.1. The van der Waals surface area contributed by atoms with Crippen LogP contribution >= 0.6 is 15.9 Å². The Labute approximate surface area is 153 Å². The molecule has 2 aromatic rings. The van der Waals surface area contributed by atoms with Crippen molar-refractivity contribution in [2.75, 3.05) is 19.6 Å². The van der Waals surface area contributed by atoms with Crippen molar-refractivity contribution in [2.45, 2.75) is 37.7 Å². The fraction of sp³-hybridized carbons (Fsp3) is 0.429. The van der Waals surface area contributed by atoms with E-state index in [9.17, 15) is 5.11 Å². The van der Waals surface area contributed by atoms with Gasteiger partial charge >= 0.3 is 0 Å². The number of rotatable bonds is 5. The average Bonchev–Trinajstić information content (AvgIpc) is 2.62. The third-order valence-corrected chi connectivity index (χ3v) is 5.84. The first-order valence-electron chi connectivity index (χ1n) is 8.82. The molecule has 1 aliphatic rings. The highest BCUT2D eigenvalue weighted by Crippen LogP contribution is 2.33. The molecule has 1 heterocycles. The van der Waals surface area contributed by atoms with E-state index in [4.69, 9.17) is 0 Å². The monoisotopic (exact) mass is 387 g/mol. The molecule has 0 saturated carbocycles. The number of nitrogens with zero attached hydrogens (tertiary/aromatic N) is 1. The molecular formula is C21H26BrNO. The summed E-state index contributed by atoms with van der Waals surface area (Å²) in [6.07, 6.45) is 2.80. The van der Waals surface area contributed by atoms with Crippen LogP contribution in [0.4, 0.5) is 0 Å². The summed E-state index contributed by atoms with van der Waals surface area (Å²) in [6, 6.07) is 18.8. The third kappa shape index (κ3) is 4.27. The van der Waals surface area contributed by atoms with Crippen LogP contribution in [0.2, 0.25) is 0 Å². The van der Waals surface area contributed by atoms with E-state index in [1.54, 1.807) is 0 Å². The summed E-state index contributed by atoms with van der Waals surface area (Å²) in [5, 5.41) is 11.0. The predicted molar refractivity (Wildman–Crippen MR) is 103 cm³/mol. The largest absolute Gasteiger partial charge is 0.385 e. The summed E-state index contributed by atoms with van der Waals surface area (Å²) in [4.78, 5) is 2.49. The summed E-state index contributed by atoms with van der Waals surface area (Å²) >= 11 is 3.46. The molecule has 128 valence electrons. The van der Waals surface area contributed by atoms with Gasteiger partial charge in [-0.15, -0.1) is 0 Å². The molecule has 0 amide bonds. The average molecular weight is 388 g/mol. The zero-order valence-corrected chi connectivity index (χ0v) is 15.9. The molecule has 3 heteroatoms. The van der Waals surface area contributed by atoms with Crippen LogP contribution in [0.25, 0.3) is 0 Å². The summed E-state index contributed by atoms with van der Waals surface area (Å²) in [7, 11) is 0. The lowest BCUT2D eigenvalue weighted by Gasteiger charge is -2.39. The maximum atomic E-state index is 11.0. The van der Waals surface area contributed by atoms with Crippen LogP contribution in [0.5, 0.6) is 0 Å². The minimum absolute atomic E-state index is 0.582. The van der Waals surface area contributed by atoms with Crippen LogP contribution in [0.1, 0.15) is 43.2 Å². The van der Waals surface area contributed by atoms with Gasteiger partial charge in [-0.3, -0.25) is 0 Å². The van der Waals surface area contributed by atoms with Crippen molar-refractivity contribution in [3.63, 3.8) is 0 Å². The van der Waals surface area contributed by atoms with E-state index in [1.165, 1.54) is 12.0 Å². The predicted octanol–water partition coefficient (Wildman–Crippen LogP) is 4.93. The van der Waals surface area contributed by atoms with Crippen LogP contribution in [-0.2, 0) is 5.60 Å². The van der Waals surface area contributed by atoms with E-state index in [0.717, 1.165) is 42.5 Å². The second kappa shape index (κ2) is 7.81. The minimum atomic E-state index is -0.664. The van der Waals surface area contributed by atoms with Gasteiger partial charge in [-0.1, -0.05) is 65.3 Å². The van der Waals surface area contributed by atoms with Gasteiger partial charge in [0.25, 0.3) is 0 Å². The molecule has 0 aliphatic carbocycles. The van der Waals surface area contributed by atoms with Crippen LogP contribution < -0.4 is 0 Å². The van der Waals surface area contributed by atoms with Gasteiger partial charge < -0.3 is 10.0 Å². The number of halogens is 1. The molecule has 0 unspecified atom stereocenters. The molecule has 1 N–H and O–H groups in total. The Bertz CT molecular complexity index is 633. The number of likely N-dealkylation sites (tertiary alicyclic amines) is 1. The van der Waals surface area contributed by atoms with Crippen LogP contribution in [0.15, 0.2) is 59.1 Å². The number of piperidine rings is 1. The Kier molecular flexibility index (Phi) is 5.75. The molecule has 2 nitrogen and oxygen atoms in total. The maximum Gasteiger partial charge on any atom is 0.0920 e. The van der Waals surface area contributed by atoms with E-state index in [-0.39, 0.29) is 0 Å². The van der Waals surface area contributed by atoms with E-state index in [2.05, 4.69) is 58.1 Å². The zero-order chi connectivity index (χ0) is 17.0. The smallest absolute Gasteiger partial charge is 0.0920 e. The first-order chi connectivity index (χ1) is 11.6. The van der Waals surface area contributed by atoms with Gasteiger partial charge in [0.15, 0.2) is 0 Å². The number of hydrogen-bond acceptors (Lipinski definition) is 2. The SMILES string of the molecule is C[C@H](CCN1CCC(O)(c2ccc(Br)cc2)CC1)c1ccccc1. The number of aliphatic hydroxyl groups is 1. The molecule has 0 radical (unpaired) electrons. The Morgan fingerprint density at radius 1 is 1.04 bits per heavy atom. The van der Waals surface area contributed by atoms with Gasteiger partial charge in [0.1, 0.15) is 0 Å². The standard InChI is InChI=1S/C21H26BrNO/c1-17(18-5-3-2-4-6-18)11-14-23-15-12-21(24,13-16-23)19-7-9-20(22)10-8-19/h2-10,17,24H,11-16H2,1H3/t17-/m1/s1. The van der Waals surface area contributed by atoms with Crippen LogP contribution in [0, 0.1) is 0 Å². The Morgan fingerprint density at radius 3 is 2.29 bits per heavy atom. The zero-order valence-electron chi connectivity index (χ0n) is 14.3. The van der Waals surface area contributed by atoms with Crippen molar-refractivity contribution < 1.29 is 5.11 Å². The quantitative estimate of drug-likeness (QED) is 0.786. The van der Waals surface area contributed by atoms with E-state index in [1.807, 2.05) is 24.3 Å². The lowest BCUT2D eigenvalue weighted by atomic mass is 9.84. The fourth-order valence-electron chi connectivity index (χ4n) is 3.52. The highest BCUT2D eigenvalue weighted by Gasteiger charge is 2.33. The van der Waals surface area contributed by atoms with Crippen molar-refractivity contribution in [1.82, 2.24) is 4.90 Å². The van der Waals surface area contributed by atoms with Gasteiger partial charge in [0.2, 0.25) is 0 Å². The molecule has 24 heavy (non-hydrogen) atoms. The van der Waals surface area contributed by atoms with Crippen molar-refractivity contribution in [1.29, 1.82) is 0 Å². The summed E-state index contributed by atoms with van der Waals surface area (Å²) < 4.78 is 1.06. The highest BCUT2D eigenvalue weighted by molar-refractivity contribution is 9.10. The third-order valence-electron chi connectivity index (χ3n) is 5.31. The minimum Gasteiger partial charge on any atom is -0.385 e. The van der Waals surface area contributed by atoms with Gasteiger partial charge in [0.05, 0.1) is 5.60 Å². The summed E-state index contributed by atoms with van der Waals surface area (Å²) in [6.45, 7) is 5.34. The summed E-state index contributed by atoms with van der Waals surface area (Å²) in [5.41, 5.74) is 1.80. The molecule has 0 spiro atoms. The molecule has 1 fully saturated rings. The van der Waals surface area contributed by atoms with E-state index in [0.29, 0.717) is 5.92 Å². The summed E-state index contributed by atoms with van der Waals surface area (Å²) in [5.74, 6) is 0.582. The van der Waals surface area contributed by atoms with Crippen molar-refractivity contribution in [3.8, 4) is 0 Å². The Morgan fingerprint density at radius 2 is 1.67 bits per heavy atom. The van der Waals surface area contributed by atoms with Crippen molar-refractivity contribution >= 4 is 15.9 Å². The lowest BCUT2D eigenvalue weighted by molar-refractivity contribution is -0.0262. The molecule has 1 saturated heterocycles. The molecule has 2 aromatic carbocycles. The van der Waals surface area contributed by atoms with Gasteiger partial charge in [-0.2, -0.15) is 0 Å². The molecule has 1 atom stereocenters. The highest BCUT2D eigenvalue weighted by atomic mass is 79.9. The van der Waals surface area contributed by atoms with E-state index < -0.39 is 5.60 Å².